The van der Waals surface area contributed by atoms with Gasteiger partial charge in [0.25, 0.3) is 0 Å². The molecule has 25 heavy (non-hydrogen) atoms. The van der Waals surface area contributed by atoms with Crippen molar-refractivity contribution in [3.63, 3.8) is 0 Å². The number of carbonyl (C=O) groups is 1. The third-order valence-corrected chi connectivity index (χ3v) is 5.20. The van der Waals surface area contributed by atoms with Crippen molar-refractivity contribution >= 4 is 5.97 Å². The lowest BCUT2D eigenvalue weighted by atomic mass is 9.95. The zero-order valence-electron chi connectivity index (χ0n) is 17.4. The van der Waals surface area contributed by atoms with Crippen molar-refractivity contribution in [1.29, 1.82) is 0 Å². The van der Waals surface area contributed by atoms with Gasteiger partial charge in [-0.1, -0.05) is 110 Å². The van der Waals surface area contributed by atoms with Gasteiger partial charge >= 0.3 is 5.97 Å². The molecule has 0 aliphatic heterocycles. The van der Waals surface area contributed by atoms with Gasteiger partial charge in [0.2, 0.25) is 0 Å². The quantitative estimate of drug-likeness (QED) is 0.225. The Labute approximate surface area is 157 Å². The van der Waals surface area contributed by atoms with Crippen LogP contribution in [-0.4, -0.2) is 18.6 Å². The molecule has 3 heteroatoms. The third kappa shape index (κ3) is 15.4. The molecule has 0 aromatic rings. The lowest BCUT2D eigenvalue weighted by Crippen LogP contribution is -2.45. The molecule has 2 N–H and O–H groups in total. The highest BCUT2D eigenvalue weighted by atomic mass is 16.5. The van der Waals surface area contributed by atoms with Crippen molar-refractivity contribution in [1.82, 2.24) is 0 Å². The van der Waals surface area contributed by atoms with Gasteiger partial charge in [-0.15, -0.1) is 0 Å². The molecule has 0 spiro atoms. The SMILES string of the molecule is CCCCCCCCCCCCCCCCCCC(C)(N)C(=O)OC. The number of methoxy groups -OCH3 is 1. The summed E-state index contributed by atoms with van der Waals surface area (Å²) in [5.41, 5.74) is 5.14. The molecule has 0 aliphatic rings. The topological polar surface area (TPSA) is 52.3 Å². The highest BCUT2D eigenvalue weighted by molar-refractivity contribution is 5.79. The van der Waals surface area contributed by atoms with E-state index in [2.05, 4.69) is 6.92 Å². The predicted molar refractivity (Wildman–Crippen MR) is 109 cm³/mol. The Hall–Kier alpha value is -0.570. The Morgan fingerprint density at radius 1 is 0.720 bits per heavy atom. The van der Waals surface area contributed by atoms with Gasteiger partial charge in [-0.25, -0.2) is 0 Å². The highest BCUT2D eigenvalue weighted by Crippen LogP contribution is 2.16. The molecule has 0 bridgehead atoms. The Morgan fingerprint density at radius 2 is 1.04 bits per heavy atom. The molecule has 1 unspecified atom stereocenters. The van der Waals surface area contributed by atoms with E-state index in [4.69, 9.17) is 10.5 Å². The number of hydrogen-bond donors (Lipinski definition) is 1. The molecular formula is C22H45NO2. The van der Waals surface area contributed by atoms with E-state index in [-0.39, 0.29) is 5.97 Å². The van der Waals surface area contributed by atoms with Crippen LogP contribution in [0.25, 0.3) is 0 Å². The van der Waals surface area contributed by atoms with Crippen LogP contribution < -0.4 is 5.73 Å². The summed E-state index contributed by atoms with van der Waals surface area (Å²) >= 11 is 0. The molecule has 0 radical (unpaired) electrons. The van der Waals surface area contributed by atoms with Crippen LogP contribution in [0.5, 0.6) is 0 Å². The lowest BCUT2D eigenvalue weighted by Gasteiger charge is -2.20. The first-order valence-corrected chi connectivity index (χ1v) is 10.9. The van der Waals surface area contributed by atoms with Crippen molar-refractivity contribution in [2.45, 2.75) is 129 Å². The molecule has 0 heterocycles. The number of hydrogen-bond acceptors (Lipinski definition) is 3. The Kier molecular flexibility index (Phi) is 16.5. The first kappa shape index (κ1) is 24.4. The normalized spacial score (nSPS) is 13.6. The van der Waals surface area contributed by atoms with Crippen LogP contribution in [-0.2, 0) is 9.53 Å². The fraction of sp³-hybridized carbons (Fsp3) is 0.955. The molecule has 0 fully saturated rings. The molecule has 0 aromatic heterocycles. The molecule has 0 saturated carbocycles. The van der Waals surface area contributed by atoms with Gasteiger partial charge in [-0.2, -0.15) is 0 Å². The summed E-state index contributed by atoms with van der Waals surface area (Å²) in [6.45, 7) is 4.05. The van der Waals surface area contributed by atoms with Gasteiger partial charge in [0.1, 0.15) is 5.54 Å². The van der Waals surface area contributed by atoms with Crippen molar-refractivity contribution < 1.29 is 9.53 Å². The average molecular weight is 356 g/mol. The van der Waals surface area contributed by atoms with E-state index in [1.165, 1.54) is 103 Å². The zero-order valence-corrected chi connectivity index (χ0v) is 17.4. The summed E-state index contributed by atoms with van der Waals surface area (Å²) in [6, 6.07) is 0. The van der Waals surface area contributed by atoms with Crippen LogP contribution in [0.4, 0.5) is 0 Å². The Bertz CT molecular complexity index is 302. The monoisotopic (exact) mass is 355 g/mol. The maximum absolute atomic E-state index is 11.5. The van der Waals surface area contributed by atoms with Crippen molar-refractivity contribution in [3.05, 3.63) is 0 Å². The molecule has 0 amide bonds. The number of carbonyl (C=O) groups excluding carboxylic acids is 1. The number of unbranched alkanes of at least 4 members (excludes halogenated alkanes) is 15. The van der Waals surface area contributed by atoms with E-state index in [1.807, 2.05) is 0 Å². The minimum atomic E-state index is -0.815. The Balaban J connectivity index is 3.20. The Morgan fingerprint density at radius 3 is 1.36 bits per heavy atom. The van der Waals surface area contributed by atoms with Gasteiger partial charge in [-0.3, -0.25) is 4.79 Å². The predicted octanol–water partition coefficient (Wildman–Crippen LogP) is 6.53. The van der Waals surface area contributed by atoms with Crippen molar-refractivity contribution in [2.75, 3.05) is 7.11 Å². The van der Waals surface area contributed by atoms with Gasteiger partial charge in [-0.05, 0) is 13.3 Å². The van der Waals surface area contributed by atoms with E-state index in [1.54, 1.807) is 6.92 Å². The molecule has 0 saturated heterocycles. The minimum absolute atomic E-state index is 0.298. The molecule has 0 aliphatic carbocycles. The van der Waals surface area contributed by atoms with E-state index in [0.717, 1.165) is 12.8 Å². The van der Waals surface area contributed by atoms with Crippen LogP contribution in [0, 0.1) is 0 Å². The van der Waals surface area contributed by atoms with Crippen LogP contribution >= 0.6 is 0 Å². The molecular weight excluding hydrogens is 310 g/mol. The summed E-state index contributed by atoms with van der Waals surface area (Å²) in [5.74, 6) is -0.298. The van der Waals surface area contributed by atoms with Crippen LogP contribution in [0.15, 0.2) is 0 Å². The number of ether oxygens (including phenoxy) is 1. The minimum Gasteiger partial charge on any atom is -0.468 e. The summed E-state index contributed by atoms with van der Waals surface area (Å²) < 4.78 is 4.73. The summed E-state index contributed by atoms with van der Waals surface area (Å²) in [5, 5.41) is 0. The first-order chi connectivity index (χ1) is 12.0. The van der Waals surface area contributed by atoms with Crippen LogP contribution in [0.1, 0.15) is 123 Å². The van der Waals surface area contributed by atoms with Crippen LogP contribution in [0.3, 0.4) is 0 Å². The second-order valence-corrected chi connectivity index (χ2v) is 7.96. The molecule has 1 atom stereocenters. The van der Waals surface area contributed by atoms with E-state index in [0.29, 0.717) is 0 Å². The van der Waals surface area contributed by atoms with Gasteiger partial charge in [0.05, 0.1) is 7.11 Å². The molecule has 0 aromatic carbocycles. The zero-order chi connectivity index (χ0) is 18.8. The second-order valence-electron chi connectivity index (χ2n) is 7.96. The standard InChI is InChI=1S/C22H45NO2/c1-4-5-6-7-8-9-10-11-12-13-14-15-16-17-18-19-20-22(2,23)21(24)25-3/h4-20,23H2,1-3H3. The van der Waals surface area contributed by atoms with Crippen molar-refractivity contribution in [2.24, 2.45) is 5.73 Å². The van der Waals surface area contributed by atoms with Gasteiger partial charge in [0, 0.05) is 0 Å². The van der Waals surface area contributed by atoms with E-state index < -0.39 is 5.54 Å². The molecule has 150 valence electrons. The smallest absolute Gasteiger partial charge is 0.325 e. The lowest BCUT2D eigenvalue weighted by molar-refractivity contribution is -0.146. The van der Waals surface area contributed by atoms with E-state index >= 15 is 0 Å². The highest BCUT2D eigenvalue weighted by Gasteiger charge is 2.28. The maximum Gasteiger partial charge on any atom is 0.325 e. The van der Waals surface area contributed by atoms with Gasteiger partial charge < -0.3 is 10.5 Å². The average Bonchev–Trinajstić information content (AvgIpc) is 2.60. The van der Waals surface area contributed by atoms with Crippen LogP contribution in [0.2, 0.25) is 0 Å². The largest absolute Gasteiger partial charge is 0.468 e. The fourth-order valence-electron chi connectivity index (χ4n) is 3.38. The molecule has 0 rings (SSSR count). The second kappa shape index (κ2) is 16.9. The molecule has 3 nitrogen and oxygen atoms in total. The summed E-state index contributed by atoms with van der Waals surface area (Å²) in [6.07, 6.45) is 22.4. The maximum atomic E-state index is 11.5. The van der Waals surface area contributed by atoms with Gasteiger partial charge in [0.15, 0.2) is 0 Å². The number of nitrogens with two attached hydrogens (primary N) is 1. The summed E-state index contributed by atoms with van der Waals surface area (Å²) in [7, 11) is 1.40. The van der Waals surface area contributed by atoms with Crippen molar-refractivity contribution in [3.8, 4) is 0 Å². The number of esters is 1. The number of rotatable bonds is 18. The first-order valence-electron chi connectivity index (χ1n) is 10.9. The fourth-order valence-corrected chi connectivity index (χ4v) is 3.38. The third-order valence-electron chi connectivity index (χ3n) is 5.20. The summed E-state index contributed by atoms with van der Waals surface area (Å²) in [4.78, 5) is 11.5. The van der Waals surface area contributed by atoms with E-state index in [9.17, 15) is 4.79 Å².